The molecule has 1 aliphatic rings. The molecule has 200 valence electrons. The summed E-state index contributed by atoms with van der Waals surface area (Å²) in [5.74, 6) is -0.736. The molecule has 1 amide bonds. The summed E-state index contributed by atoms with van der Waals surface area (Å²) in [5.41, 5.74) is 7.98. The van der Waals surface area contributed by atoms with E-state index in [4.69, 9.17) is 12.2 Å². The van der Waals surface area contributed by atoms with Crippen LogP contribution in [0.15, 0.2) is 72.9 Å². The number of rotatable bonds is 7. The van der Waals surface area contributed by atoms with Crippen molar-refractivity contribution >= 4 is 28.9 Å². The first-order valence-corrected chi connectivity index (χ1v) is 13.4. The van der Waals surface area contributed by atoms with E-state index in [-0.39, 0.29) is 30.1 Å². The Bertz CT molecular complexity index is 1510. The number of aromatic nitrogens is 2. The molecular formula is C31H32FN5OS. The molecule has 8 heteroatoms. The Morgan fingerprint density at radius 2 is 1.74 bits per heavy atom. The van der Waals surface area contributed by atoms with Crippen LogP contribution in [0.3, 0.4) is 0 Å². The number of nitrogens with one attached hydrogen (secondary N) is 2. The third-order valence-corrected chi connectivity index (χ3v) is 7.73. The summed E-state index contributed by atoms with van der Waals surface area (Å²) in [5, 5.41) is 6.71. The summed E-state index contributed by atoms with van der Waals surface area (Å²) in [7, 11) is 0. The highest BCUT2D eigenvalue weighted by Crippen LogP contribution is 2.42. The average molecular weight is 542 g/mol. The maximum absolute atomic E-state index is 14.1. The normalized spacial score (nSPS) is 16.8. The summed E-state index contributed by atoms with van der Waals surface area (Å²) in [6.45, 7) is 8.88. The molecule has 0 unspecified atom stereocenters. The van der Waals surface area contributed by atoms with Crippen LogP contribution in [0.1, 0.15) is 52.3 Å². The van der Waals surface area contributed by atoms with Crippen LogP contribution in [-0.4, -0.2) is 32.0 Å². The summed E-state index contributed by atoms with van der Waals surface area (Å²) in [6.07, 6.45) is 1.93. The lowest BCUT2D eigenvalue weighted by atomic mass is 9.96. The SMILES string of the molecule is Cc1cccc(C)c1-n1c(C)cc([C@H]2[C@H](c3ccccn3)NC(=S)N2CCC(=O)Nc2ccccc2F)c1C. The van der Waals surface area contributed by atoms with Crippen LogP contribution < -0.4 is 10.6 Å². The van der Waals surface area contributed by atoms with Gasteiger partial charge in [-0.15, -0.1) is 0 Å². The van der Waals surface area contributed by atoms with Crippen molar-refractivity contribution in [1.29, 1.82) is 0 Å². The fourth-order valence-corrected chi connectivity index (χ4v) is 5.90. The number of halogens is 1. The quantitative estimate of drug-likeness (QED) is 0.271. The molecule has 39 heavy (non-hydrogen) atoms. The van der Waals surface area contributed by atoms with Gasteiger partial charge in [0.2, 0.25) is 5.91 Å². The van der Waals surface area contributed by atoms with E-state index in [1.165, 1.54) is 22.9 Å². The van der Waals surface area contributed by atoms with Crippen LogP contribution in [-0.2, 0) is 4.79 Å². The molecule has 0 aliphatic carbocycles. The second-order valence-electron chi connectivity index (χ2n) is 10.0. The molecule has 2 atom stereocenters. The van der Waals surface area contributed by atoms with E-state index >= 15 is 0 Å². The molecule has 6 nitrogen and oxygen atoms in total. The Morgan fingerprint density at radius 3 is 2.44 bits per heavy atom. The maximum Gasteiger partial charge on any atom is 0.226 e. The van der Waals surface area contributed by atoms with Crippen LogP contribution >= 0.6 is 12.2 Å². The molecular weight excluding hydrogens is 509 g/mol. The lowest BCUT2D eigenvalue weighted by Crippen LogP contribution is -2.33. The molecule has 1 aliphatic heterocycles. The van der Waals surface area contributed by atoms with Gasteiger partial charge in [0, 0.05) is 30.6 Å². The molecule has 2 aromatic carbocycles. The number of hydrogen-bond acceptors (Lipinski definition) is 3. The minimum atomic E-state index is -0.462. The Balaban J connectivity index is 1.50. The molecule has 5 rings (SSSR count). The number of amides is 1. The first kappa shape index (κ1) is 26.6. The second kappa shape index (κ2) is 11.0. The highest BCUT2D eigenvalue weighted by Gasteiger charge is 2.41. The zero-order valence-corrected chi connectivity index (χ0v) is 23.3. The van der Waals surface area contributed by atoms with Crippen LogP contribution in [0, 0.1) is 33.5 Å². The second-order valence-corrected chi connectivity index (χ2v) is 10.4. The van der Waals surface area contributed by atoms with Crippen molar-refractivity contribution in [2.45, 2.75) is 46.2 Å². The number of benzene rings is 2. The lowest BCUT2D eigenvalue weighted by molar-refractivity contribution is -0.116. The van der Waals surface area contributed by atoms with E-state index in [0.717, 1.165) is 22.6 Å². The van der Waals surface area contributed by atoms with Crippen LogP contribution in [0.25, 0.3) is 5.69 Å². The van der Waals surface area contributed by atoms with Crippen molar-refractivity contribution in [2.75, 3.05) is 11.9 Å². The first-order chi connectivity index (χ1) is 18.8. The smallest absolute Gasteiger partial charge is 0.226 e. The van der Waals surface area contributed by atoms with E-state index in [9.17, 15) is 9.18 Å². The summed E-state index contributed by atoms with van der Waals surface area (Å²) in [6, 6.07) is 20.2. The van der Waals surface area contributed by atoms with Crippen molar-refractivity contribution in [3.63, 3.8) is 0 Å². The lowest BCUT2D eigenvalue weighted by Gasteiger charge is -2.28. The van der Waals surface area contributed by atoms with Crippen molar-refractivity contribution in [1.82, 2.24) is 19.8 Å². The first-order valence-electron chi connectivity index (χ1n) is 13.0. The van der Waals surface area contributed by atoms with Crippen molar-refractivity contribution in [2.24, 2.45) is 0 Å². The fourth-order valence-electron chi connectivity index (χ4n) is 5.57. The van der Waals surface area contributed by atoms with Crippen molar-refractivity contribution < 1.29 is 9.18 Å². The fraction of sp³-hybridized carbons (Fsp3) is 0.258. The predicted molar refractivity (Wildman–Crippen MR) is 157 cm³/mol. The number of thiocarbonyl (C=S) groups is 1. The largest absolute Gasteiger partial charge is 0.352 e. The molecule has 0 spiro atoms. The zero-order valence-electron chi connectivity index (χ0n) is 22.5. The van der Waals surface area contributed by atoms with Crippen molar-refractivity contribution in [3.05, 3.63) is 113 Å². The van der Waals surface area contributed by atoms with Gasteiger partial charge < -0.3 is 20.1 Å². The van der Waals surface area contributed by atoms with Gasteiger partial charge in [-0.2, -0.15) is 0 Å². The number of carbonyl (C=O) groups is 1. The van der Waals surface area contributed by atoms with Gasteiger partial charge in [0.25, 0.3) is 0 Å². The number of aryl methyl sites for hydroxylation is 3. The number of hydrogen-bond donors (Lipinski definition) is 2. The number of anilines is 1. The van der Waals surface area contributed by atoms with E-state index in [2.05, 4.69) is 77.0 Å². The number of carbonyl (C=O) groups excluding carboxylic acids is 1. The van der Waals surface area contributed by atoms with Crippen LogP contribution in [0.2, 0.25) is 0 Å². The molecule has 2 N–H and O–H groups in total. The van der Waals surface area contributed by atoms with Crippen molar-refractivity contribution in [3.8, 4) is 5.69 Å². The minimum absolute atomic E-state index is 0.150. The van der Waals surface area contributed by atoms with Gasteiger partial charge in [-0.1, -0.05) is 36.4 Å². The Hall–Kier alpha value is -4.04. The Morgan fingerprint density at radius 1 is 1.03 bits per heavy atom. The maximum atomic E-state index is 14.1. The molecule has 4 aromatic rings. The monoisotopic (exact) mass is 541 g/mol. The average Bonchev–Trinajstić information content (AvgIpc) is 3.39. The summed E-state index contributed by atoms with van der Waals surface area (Å²) < 4.78 is 16.4. The standard InChI is InChI=1S/C31H32FN5OS/c1-19-10-9-11-20(2)29(19)37-21(3)18-23(22(37)4)30-28(26-14-7-8-16-33-26)35-31(39)36(30)17-15-27(38)34-25-13-6-5-12-24(25)32/h5-14,16,18,28,30H,15,17H2,1-4H3,(H,34,38)(H,35,39)/t28-,30-/m0/s1. The molecule has 1 fully saturated rings. The third-order valence-electron chi connectivity index (χ3n) is 7.38. The number of para-hydroxylation sites is 2. The Labute approximate surface area is 233 Å². The van der Waals surface area contributed by atoms with Gasteiger partial charge in [0.1, 0.15) is 5.82 Å². The zero-order chi connectivity index (χ0) is 27.7. The topological polar surface area (TPSA) is 62.2 Å². The highest BCUT2D eigenvalue weighted by molar-refractivity contribution is 7.80. The van der Waals surface area contributed by atoms with Gasteiger partial charge >= 0.3 is 0 Å². The van der Waals surface area contributed by atoms with E-state index < -0.39 is 5.82 Å². The van der Waals surface area contributed by atoms with E-state index in [1.807, 2.05) is 18.2 Å². The molecule has 2 aromatic heterocycles. The van der Waals surface area contributed by atoms with Crippen LogP contribution in [0.4, 0.5) is 10.1 Å². The molecule has 0 radical (unpaired) electrons. The van der Waals surface area contributed by atoms with Gasteiger partial charge in [-0.25, -0.2) is 4.39 Å². The van der Waals surface area contributed by atoms with E-state index in [0.29, 0.717) is 11.7 Å². The predicted octanol–water partition coefficient (Wildman–Crippen LogP) is 6.25. The molecule has 1 saturated heterocycles. The molecule has 0 bridgehead atoms. The molecule has 3 heterocycles. The van der Waals surface area contributed by atoms with E-state index in [1.54, 1.807) is 24.4 Å². The third kappa shape index (κ3) is 5.16. The van der Waals surface area contributed by atoms with Gasteiger partial charge in [0.15, 0.2) is 5.11 Å². The number of nitrogens with zero attached hydrogens (tertiary/aromatic N) is 3. The minimum Gasteiger partial charge on any atom is -0.352 e. The summed E-state index contributed by atoms with van der Waals surface area (Å²) in [4.78, 5) is 19.5. The Kier molecular flexibility index (Phi) is 7.48. The van der Waals surface area contributed by atoms with Gasteiger partial charge in [-0.3, -0.25) is 9.78 Å². The van der Waals surface area contributed by atoms with Gasteiger partial charge in [0.05, 0.1) is 29.2 Å². The number of pyridine rings is 1. The van der Waals surface area contributed by atoms with Crippen LogP contribution in [0.5, 0.6) is 0 Å². The highest BCUT2D eigenvalue weighted by atomic mass is 32.1. The molecule has 0 saturated carbocycles. The summed E-state index contributed by atoms with van der Waals surface area (Å²) >= 11 is 5.80. The van der Waals surface area contributed by atoms with Gasteiger partial charge in [-0.05, 0) is 86.9 Å².